The van der Waals surface area contributed by atoms with E-state index in [1.807, 2.05) is 0 Å². The van der Waals surface area contributed by atoms with Gasteiger partial charge >= 0.3 is 0 Å². The number of benzene rings is 1. The first-order valence-electron chi connectivity index (χ1n) is 7.17. The fraction of sp³-hybridized carbons (Fsp3) is 0.625. The van der Waals surface area contributed by atoms with E-state index in [2.05, 4.69) is 37.3 Å². The average molecular weight is 246 g/mol. The third kappa shape index (κ3) is 2.45. The van der Waals surface area contributed by atoms with E-state index in [9.17, 15) is 0 Å². The third-order valence-corrected chi connectivity index (χ3v) is 4.19. The summed E-state index contributed by atoms with van der Waals surface area (Å²) in [4.78, 5) is 0. The Morgan fingerprint density at radius 2 is 1.78 bits per heavy atom. The maximum Gasteiger partial charge on any atom is 0.169 e. The quantitative estimate of drug-likeness (QED) is 0.792. The van der Waals surface area contributed by atoms with E-state index in [4.69, 9.17) is 9.47 Å². The zero-order valence-corrected chi connectivity index (χ0v) is 11.1. The molecule has 2 heteroatoms. The Balaban J connectivity index is 1.67. The summed E-state index contributed by atoms with van der Waals surface area (Å²) in [5.74, 6) is -0.253. The lowest BCUT2D eigenvalue weighted by Gasteiger charge is -2.31. The van der Waals surface area contributed by atoms with Crippen LogP contribution in [0.25, 0.3) is 0 Å². The molecule has 1 heterocycles. The lowest BCUT2D eigenvalue weighted by Crippen LogP contribution is -2.33. The van der Waals surface area contributed by atoms with Crippen molar-refractivity contribution in [3.63, 3.8) is 0 Å². The SMILES string of the molecule is C[C@@H]1OC2(CCCCC2)O[C@@H]1Cc1ccccc1. The van der Waals surface area contributed by atoms with Crippen LogP contribution in [0.5, 0.6) is 0 Å². The molecule has 2 aliphatic rings. The van der Waals surface area contributed by atoms with Gasteiger partial charge < -0.3 is 9.47 Å². The highest BCUT2D eigenvalue weighted by atomic mass is 16.8. The summed E-state index contributed by atoms with van der Waals surface area (Å²) >= 11 is 0. The van der Waals surface area contributed by atoms with Crippen LogP contribution in [-0.2, 0) is 15.9 Å². The van der Waals surface area contributed by atoms with Crippen molar-refractivity contribution >= 4 is 0 Å². The molecule has 0 unspecified atom stereocenters. The predicted octanol–water partition coefficient (Wildman–Crippen LogP) is 3.69. The van der Waals surface area contributed by atoms with E-state index in [0.29, 0.717) is 0 Å². The molecule has 1 aliphatic carbocycles. The van der Waals surface area contributed by atoms with Gasteiger partial charge in [-0.1, -0.05) is 36.8 Å². The molecule has 2 fully saturated rings. The minimum Gasteiger partial charge on any atom is -0.344 e. The smallest absolute Gasteiger partial charge is 0.169 e. The van der Waals surface area contributed by atoms with Crippen LogP contribution in [0, 0.1) is 0 Å². The van der Waals surface area contributed by atoms with Gasteiger partial charge in [0.1, 0.15) is 0 Å². The Morgan fingerprint density at radius 1 is 1.06 bits per heavy atom. The highest BCUT2D eigenvalue weighted by molar-refractivity contribution is 5.16. The zero-order valence-electron chi connectivity index (χ0n) is 11.1. The first-order chi connectivity index (χ1) is 8.77. The van der Waals surface area contributed by atoms with Crippen LogP contribution in [0.3, 0.4) is 0 Å². The molecule has 1 saturated carbocycles. The van der Waals surface area contributed by atoms with E-state index in [1.54, 1.807) is 0 Å². The fourth-order valence-corrected chi connectivity index (χ4v) is 3.19. The molecule has 18 heavy (non-hydrogen) atoms. The Bertz CT molecular complexity index is 381. The highest BCUT2D eigenvalue weighted by Crippen LogP contribution is 2.41. The van der Waals surface area contributed by atoms with Crippen LogP contribution in [0.1, 0.15) is 44.6 Å². The van der Waals surface area contributed by atoms with Gasteiger partial charge in [0.25, 0.3) is 0 Å². The first-order valence-corrected chi connectivity index (χ1v) is 7.17. The Labute approximate surface area is 109 Å². The normalized spacial score (nSPS) is 30.7. The minimum absolute atomic E-state index is 0.211. The van der Waals surface area contributed by atoms with Crippen molar-refractivity contribution in [3.05, 3.63) is 35.9 Å². The standard InChI is InChI=1S/C16H22O2/c1-13-15(12-14-8-4-2-5-9-14)18-16(17-13)10-6-3-7-11-16/h2,4-5,8-9,13,15H,3,6-7,10-12H2,1H3/t13-,15+/m0/s1. The summed E-state index contributed by atoms with van der Waals surface area (Å²) < 4.78 is 12.4. The summed E-state index contributed by atoms with van der Waals surface area (Å²) in [7, 11) is 0. The molecule has 2 nitrogen and oxygen atoms in total. The predicted molar refractivity (Wildman–Crippen MR) is 71.4 cm³/mol. The topological polar surface area (TPSA) is 18.5 Å². The molecule has 1 saturated heterocycles. The van der Waals surface area contributed by atoms with Crippen molar-refractivity contribution in [1.29, 1.82) is 0 Å². The number of rotatable bonds is 2. The lowest BCUT2D eigenvalue weighted by atomic mass is 9.94. The molecule has 0 N–H and O–H groups in total. The van der Waals surface area contributed by atoms with Gasteiger partial charge in [-0.2, -0.15) is 0 Å². The van der Waals surface area contributed by atoms with Crippen LogP contribution < -0.4 is 0 Å². The van der Waals surface area contributed by atoms with Crippen molar-refractivity contribution in [2.45, 2.75) is 63.4 Å². The summed E-state index contributed by atoms with van der Waals surface area (Å²) in [5, 5.41) is 0. The van der Waals surface area contributed by atoms with Crippen molar-refractivity contribution in [3.8, 4) is 0 Å². The van der Waals surface area contributed by atoms with Gasteiger partial charge in [0.2, 0.25) is 0 Å². The summed E-state index contributed by atoms with van der Waals surface area (Å²) in [6.45, 7) is 2.15. The molecule has 1 aromatic carbocycles. The molecule has 0 amide bonds. The Morgan fingerprint density at radius 3 is 2.50 bits per heavy atom. The van der Waals surface area contributed by atoms with Gasteiger partial charge in [-0.05, 0) is 25.3 Å². The van der Waals surface area contributed by atoms with Gasteiger partial charge in [-0.3, -0.25) is 0 Å². The number of hydrogen-bond acceptors (Lipinski definition) is 2. The van der Waals surface area contributed by atoms with Crippen LogP contribution in [-0.4, -0.2) is 18.0 Å². The van der Waals surface area contributed by atoms with E-state index >= 15 is 0 Å². The third-order valence-electron chi connectivity index (χ3n) is 4.19. The van der Waals surface area contributed by atoms with Crippen LogP contribution in [0.4, 0.5) is 0 Å². The van der Waals surface area contributed by atoms with E-state index in [-0.39, 0.29) is 18.0 Å². The van der Waals surface area contributed by atoms with Gasteiger partial charge in [-0.15, -0.1) is 0 Å². The van der Waals surface area contributed by atoms with E-state index in [0.717, 1.165) is 19.3 Å². The van der Waals surface area contributed by atoms with Crippen molar-refractivity contribution in [2.24, 2.45) is 0 Å². The molecule has 0 aromatic heterocycles. The van der Waals surface area contributed by atoms with Gasteiger partial charge in [0.05, 0.1) is 12.2 Å². The average Bonchev–Trinajstić information content (AvgIpc) is 2.68. The second-order valence-electron chi connectivity index (χ2n) is 5.64. The molecular weight excluding hydrogens is 224 g/mol. The second-order valence-corrected chi connectivity index (χ2v) is 5.64. The van der Waals surface area contributed by atoms with Crippen molar-refractivity contribution < 1.29 is 9.47 Å². The Hall–Kier alpha value is -0.860. The monoisotopic (exact) mass is 246 g/mol. The van der Waals surface area contributed by atoms with E-state index in [1.165, 1.54) is 24.8 Å². The highest BCUT2D eigenvalue weighted by Gasteiger charge is 2.45. The number of ether oxygens (including phenoxy) is 2. The van der Waals surface area contributed by atoms with Gasteiger partial charge in [0.15, 0.2) is 5.79 Å². The van der Waals surface area contributed by atoms with Crippen molar-refractivity contribution in [1.82, 2.24) is 0 Å². The fourth-order valence-electron chi connectivity index (χ4n) is 3.19. The summed E-state index contributed by atoms with van der Waals surface area (Å²) in [6.07, 6.45) is 7.34. The summed E-state index contributed by atoms with van der Waals surface area (Å²) in [6, 6.07) is 10.6. The lowest BCUT2D eigenvalue weighted by molar-refractivity contribution is -0.192. The second kappa shape index (κ2) is 5.02. The van der Waals surface area contributed by atoms with E-state index < -0.39 is 0 Å². The molecule has 2 atom stereocenters. The maximum absolute atomic E-state index is 6.28. The van der Waals surface area contributed by atoms with Crippen LogP contribution in [0.15, 0.2) is 30.3 Å². The summed E-state index contributed by atoms with van der Waals surface area (Å²) in [5.41, 5.74) is 1.34. The molecule has 1 spiro atoms. The molecule has 1 aromatic rings. The minimum atomic E-state index is -0.253. The maximum atomic E-state index is 6.28. The zero-order chi connectivity index (χ0) is 12.4. The van der Waals surface area contributed by atoms with Crippen molar-refractivity contribution in [2.75, 3.05) is 0 Å². The van der Waals surface area contributed by atoms with Gasteiger partial charge in [0, 0.05) is 19.3 Å². The molecule has 1 aliphatic heterocycles. The van der Waals surface area contributed by atoms with Crippen LogP contribution >= 0.6 is 0 Å². The van der Waals surface area contributed by atoms with Crippen LogP contribution in [0.2, 0.25) is 0 Å². The molecule has 0 bridgehead atoms. The molecule has 0 radical (unpaired) electrons. The largest absolute Gasteiger partial charge is 0.344 e. The molecule has 3 rings (SSSR count). The molecule has 98 valence electrons. The first kappa shape index (κ1) is 12.2. The number of hydrogen-bond donors (Lipinski definition) is 0. The molecular formula is C16H22O2. The van der Waals surface area contributed by atoms with Gasteiger partial charge in [-0.25, -0.2) is 0 Å². The Kier molecular flexibility index (Phi) is 3.40.